The molecule has 0 N–H and O–H groups in total. The molecule has 3 saturated heterocycles. The summed E-state index contributed by atoms with van der Waals surface area (Å²) in [4.78, 5) is 76.4. The fourth-order valence-corrected chi connectivity index (χ4v) is 23.4. The molecule has 0 atom stereocenters. The molecular weight excluding hydrogens is 1820 g/mol. The predicted molar refractivity (Wildman–Crippen MR) is 599 cm³/mol. The highest BCUT2D eigenvalue weighted by Gasteiger charge is 2.34. The van der Waals surface area contributed by atoms with E-state index in [1.165, 1.54) is 63.8 Å². The molecule has 742 valence electrons. The van der Waals surface area contributed by atoms with E-state index < -0.39 is 0 Å². The Morgan fingerprint density at radius 3 is 0.871 bits per heavy atom. The van der Waals surface area contributed by atoms with E-state index in [0.717, 1.165) is 319 Å². The van der Waals surface area contributed by atoms with Crippen molar-refractivity contribution in [3.63, 3.8) is 0 Å². The van der Waals surface area contributed by atoms with Crippen LogP contribution in [0.5, 0.6) is 5.75 Å². The highest BCUT2D eigenvalue weighted by molar-refractivity contribution is 6.27. The lowest BCUT2D eigenvalue weighted by atomic mass is 9.92. The molecule has 0 amide bonds. The van der Waals surface area contributed by atoms with Crippen LogP contribution in [-0.2, 0) is 46.8 Å². The van der Waals surface area contributed by atoms with Crippen LogP contribution in [-0.4, -0.2) is 172 Å². The lowest BCUT2D eigenvalue weighted by Crippen LogP contribution is -2.38. The molecule has 4 aliphatic heterocycles. The summed E-state index contributed by atoms with van der Waals surface area (Å²) in [5.41, 5.74) is 25.2. The summed E-state index contributed by atoms with van der Waals surface area (Å²) in [5.74, 6) is 1.38. The molecule has 147 heavy (non-hydrogen) atoms. The average Bonchev–Trinajstić information content (AvgIpc) is 1.58. The van der Waals surface area contributed by atoms with Gasteiger partial charge in [0, 0.05) is 202 Å². The van der Waals surface area contributed by atoms with Crippen LogP contribution in [0.1, 0.15) is 168 Å². The summed E-state index contributed by atoms with van der Waals surface area (Å²) in [6, 6.07) is 101. The first-order valence-corrected chi connectivity index (χ1v) is 52.4. The molecule has 1 aliphatic carbocycles. The van der Waals surface area contributed by atoms with Gasteiger partial charge < -0.3 is 41.8 Å². The van der Waals surface area contributed by atoms with Crippen molar-refractivity contribution in [1.29, 1.82) is 0 Å². The Kier molecular flexibility index (Phi) is 28.8. The summed E-state index contributed by atoms with van der Waals surface area (Å²) in [6.45, 7) is 35.8. The predicted octanol–water partition coefficient (Wildman–Crippen LogP) is 26.6. The van der Waals surface area contributed by atoms with Crippen LogP contribution >= 0.6 is 0 Å². The van der Waals surface area contributed by atoms with Crippen molar-refractivity contribution in [3.05, 3.63) is 409 Å². The lowest BCUT2D eigenvalue weighted by Gasteiger charge is -2.27. The third kappa shape index (κ3) is 19.3. The van der Waals surface area contributed by atoms with E-state index in [1.807, 2.05) is 146 Å². The van der Waals surface area contributed by atoms with Crippen LogP contribution < -0.4 is 4.74 Å². The lowest BCUT2D eigenvalue weighted by molar-refractivity contribution is 0.0364. The van der Waals surface area contributed by atoms with E-state index in [2.05, 4.69) is 252 Å². The van der Waals surface area contributed by atoms with Crippen molar-refractivity contribution in [2.45, 2.75) is 127 Å². The Hall–Kier alpha value is -14.8. The molecule has 0 unspecified atom stereocenters. The molecule has 25 rings (SSSR count). The van der Waals surface area contributed by atoms with Crippen LogP contribution in [0.25, 0.3) is 108 Å². The third-order valence-corrected chi connectivity index (χ3v) is 31.5. The van der Waals surface area contributed by atoms with Gasteiger partial charge in [-0.3, -0.25) is 38.7 Å². The monoisotopic (exact) mass is 1940 g/mol. The van der Waals surface area contributed by atoms with Crippen LogP contribution in [0.3, 0.4) is 0 Å². The number of nitrogens with zero attached hydrogens (tertiary/aromatic N) is 8. The molecule has 0 radical (unpaired) electrons. The average molecular weight is 1950 g/mol. The highest BCUT2D eigenvalue weighted by Crippen LogP contribution is 2.44. The zero-order valence-corrected chi connectivity index (χ0v) is 86.1. The number of fused-ring (bicyclic) bond motifs is 12. The van der Waals surface area contributed by atoms with Crippen molar-refractivity contribution in [2.24, 2.45) is 0 Å². The zero-order valence-electron chi connectivity index (χ0n) is 86.1. The number of benzene rings is 15. The largest absolute Gasteiger partial charge is 0.497 e. The van der Waals surface area contributed by atoms with Crippen LogP contribution in [0.2, 0.25) is 0 Å². The van der Waals surface area contributed by atoms with Gasteiger partial charge in [0.05, 0.1) is 80.1 Å². The number of hydrogen-bond acceptors (Lipinski definition) is 12. The Balaban J connectivity index is 0.000000108. The van der Waals surface area contributed by atoms with Gasteiger partial charge in [0.1, 0.15) is 5.75 Å². The molecule has 5 aromatic heterocycles. The van der Waals surface area contributed by atoms with Crippen molar-refractivity contribution in [1.82, 2.24) is 37.5 Å². The normalized spacial score (nSPS) is 14.6. The third-order valence-electron chi connectivity index (χ3n) is 31.5. The quantitative estimate of drug-likeness (QED) is 0.0628. The van der Waals surface area contributed by atoms with Gasteiger partial charge in [0.2, 0.25) is 0 Å². The standard InChI is InChI=1S/C28H30N2O3.2C27H28N2O2.2C24H21NO/c1-19-8-10-24(23-7-5-4-6-22(19)23)28(31)27-20(2)30(13-12-29-14-16-33-17-15-29)26-18-21(32-3)9-11-25(26)27;2*1-19-11-12-23(22-8-4-3-7-21(19)22)27(30)26-20(2)29(25-10-6-5-9-24(25)26)14-13-28-15-17-31-18-16-28;1-15-11-14-20(19-8-4-3-7-18(15)19)24(26)23-16(2)25(17-12-13-17)22-10-6-5-9-21(22)23;1-16-13-14-19(18-9-3-2-8-17(16)18)24(26)23-20-10-4-5-11-21(20)25-15-7-6-12-22(23)25/h4-11,18H,12-17H2,1-3H3;2*3-12H,13-18H2,1-2H3;3-11,14,17H,12-13H2,1-2H3;2-5,8-11,13-14H,6-7,12,15H2,1H3. The number of morpholine rings is 3. The van der Waals surface area contributed by atoms with Gasteiger partial charge in [-0.25, -0.2) is 0 Å². The number of carbonyl (C=O) groups excluding carboxylic acids is 5. The molecule has 17 nitrogen and oxygen atoms in total. The number of methoxy groups -OCH3 is 1. The molecule has 0 bridgehead atoms. The van der Waals surface area contributed by atoms with Crippen molar-refractivity contribution >= 4 is 137 Å². The van der Waals surface area contributed by atoms with Gasteiger partial charge in [0.15, 0.2) is 28.9 Å². The molecule has 15 aromatic carbocycles. The minimum Gasteiger partial charge on any atom is -0.497 e. The Bertz CT molecular complexity index is 8280. The number of para-hydroxylation sites is 4. The molecule has 4 fully saturated rings. The minimum absolute atomic E-state index is 0.0731. The molecule has 20 aromatic rings. The number of rotatable bonds is 21. The zero-order chi connectivity index (χ0) is 101. The maximum absolute atomic E-state index is 14.0. The molecule has 5 aliphatic rings. The fourth-order valence-electron chi connectivity index (χ4n) is 23.4. The molecular formula is C130H128N8O9. The number of aryl methyl sites for hydroxylation is 6. The Morgan fingerprint density at radius 1 is 0.265 bits per heavy atom. The number of ketones is 5. The van der Waals surface area contributed by atoms with Gasteiger partial charge in [-0.05, 0) is 212 Å². The van der Waals surface area contributed by atoms with Crippen LogP contribution in [0.15, 0.2) is 297 Å². The maximum atomic E-state index is 14.0. The van der Waals surface area contributed by atoms with Crippen molar-refractivity contribution < 1.29 is 42.9 Å². The maximum Gasteiger partial charge on any atom is 0.196 e. The van der Waals surface area contributed by atoms with E-state index in [4.69, 9.17) is 18.9 Å². The summed E-state index contributed by atoms with van der Waals surface area (Å²) in [5, 5.41) is 16.1. The number of aromatic nitrogens is 5. The van der Waals surface area contributed by atoms with Crippen LogP contribution in [0.4, 0.5) is 0 Å². The smallest absolute Gasteiger partial charge is 0.196 e. The van der Waals surface area contributed by atoms with Crippen molar-refractivity contribution in [3.8, 4) is 5.75 Å². The molecule has 1 saturated carbocycles. The first-order valence-electron chi connectivity index (χ1n) is 52.4. The highest BCUT2D eigenvalue weighted by atomic mass is 16.5. The van der Waals surface area contributed by atoms with E-state index in [0.29, 0.717) is 6.04 Å². The van der Waals surface area contributed by atoms with Gasteiger partial charge in [-0.2, -0.15) is 0 Å². The SMILES string of the molecule is COc1ccc2c(C(=O)c3ccc(C)c4ccccc34)c(C)n(CCN3CCOCC3)c2c1.Cc1ccc(C(=O)c2c(C)n(C3CC3)c3ccccc23)c2ccccc12.Cc1ccc(C(=O)c2c(C)n(CCN3CCOCC3)c3ccccc23)c2ccccc12.Cc1ccc(C(=O)c2c(C)n(CCN3CCOCC3)c3ccccc23)c2ccccc12.Cc1ccc(C(=O)c2c3n(c4ccccc24)CCCC3)c2ccccc12. The van der Waals surface area contributed by atoms with Gasteiger partial charge in [0.25, 0.3) is 0 Å². The summed E-state index contributed by atoms with van der Waals surface area (Å²) < 4.78 is 33.6. The number of ether oxygens (including phenoxy) is 4. The van der Waals surface area contributed by atoms with E-state index in [1.54, 1.807) is 7.11 Å². The van der Waals surface area contributed by atoms with E-state index >= 15 is 0 Å². The van der Waals surface area contributed by atoms with Gasteiger partial charge >= 0.3 is 0 Å². The van der Waals surface area contributed by atoms with E-state index in [9.17, 15) is 24.0 Å². The second-order valence-corrected chi connectivity index (χ2v) is 40.2. The van der Waals surface area contributed by atoms with E-state index in [-0.39, 0.29) is 28.9 Å². The molecule has 9 heterocycles. The van der Waals surface area contributed by atoms with Gasteiger partial charge in [-0.15, -0.1) is 0 Å². The fraction of sp³-hybridized carbons (Fsp3) is 0.269. The second-order valence-electron chi connectivity index (χ2n) is 40.2. The first kappa shape index (κ1) is 98.2. The van der Waals surface area contributed by atoms with Gasteiger partial charge in [-0.1, -0.05) is 255 Å². The molecule has 17 heteroatoms. The summed E-state index contributed by atoms with van der Waals surface area (Å²) in [6.07, 6.45) is 5.75. The van der Waals surface area contributed by atoms with Crippen molar-refractivity contribution in [2.75, 3.05) is 106 Å². The van der Waals surface area contributed by atoms with Crippen LogP contribution in [0, 0.1) is 62.3 Å². The number of carbonyl (C=O) groups is 5. The summed E-state index contributed by atoms with van der Waals surface area (Å²) in [7, 11) is 1.68. The number of hydrogen-bond donors (Lipinski definition) is 0. The first-order chi connectivity index (χ1) is 71.8. The Morgan fingerprint density at radius 2 is 0.537 bits per heavy atom. The minimum atomic E-state index is 0.0731. The Labute approximate surface area is 859 Å². The summed E-state index contributed by atoms with van der Waals surface area (Å²) >= 11 is 0. The topological polar surface area (TPSA) is 157 Å². The second kappa shape index (κ2) is 43.1. The molecule has 0 spiro atoms.